The standard InChI is InChI=1S/C25H27FN2O5S/c1-4-6-21-14-19-13-20(26)10-9-18(19)15-25(33-21)23(24(29)32-5-2)27-16-28(25)34(30,31)22-11-7-17(3)8-12-22/h7-14,16,23H,4-6,15H2,1-3H3/t23-,25-/m0/s1. The monoisotopic (exact) mass is 486 g/mol. The molecule has 0 aliphatic carbocycles. The van der Waals surface area contributed by atoms with Crippen LogP contribution >= 0.6 is 0 Å². The molecule has 2 atom stereocenters. The number of ether oxygens (including phenoxy) is 2. The van der Waals surface area contributed by atoms with Gasteiger partial charge in [0.25, 0.3) is 10.0 Å². The summed E-state index contributed by atoms with van der Waals surface area (Å²) in [5, 5.41) is 0. The molecule has 0 amide bonds. The molecular formula is C25H27FN2O5S. The van der Waals surface area contributed by atoms with Crippen LogP contribution in [0.4, 0.5) is 4.39 Å². The first-order valence-electron chi connectivity index (χ1n) is 11.2. The van der Waals surface area contributed by atoms with Crippen molar-refractivity contribution in [3.8, 4) is 0 Å². The highest BCUT2D eigenvalue weighted by Gasteiger charge is 2.59. The number of hydrogen-bond donors (Lipinski definition) is 0. The lowest BCUT2D eigenvalue weighted by Gasteiger charge is -2.40. The van der Waals surface area contributed by atoms with Crippen molar-refractivity contribution in [2.24, 2.45) is 4.99 Å². The fraction of sp³-hybridized carbons (Fsp3) is 0.360. The lowest BCUT2D eigenvalue weighted by atomic mass is 9.93. The predicted molar refractivity (Wildman–Crippen MR) is 126 cm³/mol. The molecule has 0 radical (unpaired) electrons. The quantitative estimate of drug-likeness (QED) is 0.571. The van der Waals surface area contributed by atoms with Crippen molar-refractivity contribution < 1.29 is 27.1 Å². The molecule has 0 fully saturated rings. The second kappa shape index (κ2) is 9.21. The Balaban J connectivity index is 1.90. The van der Waals surface area contributed by atoms with Gasteiger partial charge in [-0.2, -0.15) is 0 Å². The molecule has 0 saturated carbocycles. The first-order chi connectivity index (χ1) is 16.2. The lowest BCUT2D eigenvalue weighted by Crippen LogP contribution is -2.59. The molecule has 0 aromatic heterocycles. The van der Waals surface area contributed by atoms with Crippen LogP contribution in [-0.2, 0) is 30.7 Å². The van der Waals surface area contributed by atoms with Crippen LogP contribution in [0.5, 0.6) is 0 Å². The number of carbonyl (C=O) groups excluding carboxylic acids is 1. The summed E-state index contributed by atoms with van der Waals surface area (Å²) in [7, 11) is -4.16. The number of fused-ring (bicyclic) bond motifs is 1. The van der Waals surface area contributed by atoms with Gasteiger partial charge in [-0.15, -0.1) is 0 Å². The van der Waals surface area contributed by atoms with Gasteiger partial charge in [-0.25, -0.2) is 21.9 Å². The molecule has 1 spiro atoms. The third-order valence-corrected chi connectivity index (χ3v) is 7.67. The van der Waals surface area contributed by atoms with Gasteiger partial charge >= 0.3 is 5.97 Å². The number of aryl methyl sites for hydroxylation is 1. The van der Waals surface area contributed by atoms with Gasteiger partial charge in [0.15, 0.2) is 0 Å². The summed E-state index contributed by atoms with van der Waals surface area (Å²) in [6.45, 7) is 5.57. The fourth-order valence-electron chi connectivity index (χ4n) is 4.26. The third-order valence-electron chi connectivity index (χ3n) is 5.88. The van der Waals surface area contributed by atoms with Crippen molar-refractivity contribution in [1.29, 1.82) is 0 Å². The summed E-state index contributed by atoms with van der Waals surface area (Å²) in [5.41, 5.74) is 0.377. The van der Waals surface area contributed by atoms with Crippen LogP contribution < -0.4 is 0 Å². The van der Waals surface area contributed by atoms with Gasteiger partial charge in [0.05, 0.1) is 11.5 Å². The highest BCUT2D eigenvalue weighted by molar-refractivity contribution is 7.89. The second-order valence-corrected chi connectivity index (χ2v) is 10.2. The van der Waals surface area contributed by atoms with Crippen LogP contribution in [0.3, 0.4) is 0 Å². The van der Waals surface area contributed by atoms with Gasteiger partial charge < -0.3 is 9.47 Å². The number of benzene rings is 2. The minimum Gasteiger partial charge on any atom is -0.468 e. The number of nitrogens with zero attached hydrogens (tertiary/aromatic N) is 2. The molecule has 7 nitrogen and oxygen atoms in total. The average molecular weight is 487 g/mol. The Morgan fingerprint density at radius 1 is 1.24 bits per heavy atom. The Labute approximate surface area is 199 Å². The maximum Gasteiger partial charge on any atom is 0.337 e. The highest BCUT2D eigenvalue weighted by Crippen LogP contribution is 2.42. The van der Waals surface area contributed by atoms with Crippen LogP contribution in [0.25, 0.3) is 6.08 Å². The summed E-state index contributed by atoms with van der Waals surface area (Å²) in [4.78, 5) is 17.3. The number of halogens is 1. The van der Waals surface area contributed by atoms with Crippen molar-refractivity contribution >= 4 is 28.4 Å². The zero-order chi connectivity index (χ0) is 24.5. The fourth-order valence-corrected chi connectivity index (χ4v) is 5.76. The number of carbonyl (C=O) groups is 1. The average Bonchev–Trinajstić information content (AvgIpc) is 3.07. The maximum absolute atomic E-state index is 14.1. The number of esters is 1. The van der Waals surface area contributed by atoms with E-state index in [1.165, 1.54) is 24.3 Å². The molecule has 9 heteroatoms. The van der Waals surface area contributed by atoms with Crippen molar-refractivity contribution in [3.63, 3.8) is 0 Å². The highest BCUT2D eigenvalue weighted by atomic mass is 32.2. The minimum absolute atomic E-state index is 0.0269. The smallest absolute Gasteiger partial charge is 0.337 e. The topological polar surface area (TPSA) is 85.3 Å². The zero-order valence-corrected chi connectivity index (χ0v) is 20.1. The van der Waals surface area contributed by atoms with Gasteiger partial charge in [0.2, 0.25) is 11.8 Å². The SMILES string of the molecule is CCCC1=Cc2cc(F)ccc2C[C@]2(O1)[C@H](C(=O)OCC)N=CN2S(=O)(=O)c1ccc(C)cc1. The number of sulfonamides is 1. The summed E-state index contributed by atoms with van der Waals surface area (Å²) in [6, 6.07) is 9.41. The molecule has 34 heavy (non-hydrogen) atoms. The number of hydrogen-bond acceptors (Lipinski definition) is 6. The van der Waals surface area contributed by atoms with Gasteiger partial charge in [-0.05, 0) is 61.7 Å². The van der Waals surface area contributed by atoms with Crippen molar-refractivity contribution in [3.05, 3.63) is 70.7 Å². The van der Waals surface area contributed by atoms with Gasteiger partial charge in [0.1, 0.15) is 17.9 Å². The molecule has 0 N–H and O–H groups in total. The molecule has 2 aliphatic heterocycles. The van der Waals surface area contributed by atoms with Crippen LogP contribution in [-0.4, -0.2) is 43.4 Å². The Morgan fingerprint density at radius 3 is 2.65 bits per heavy atom. The van der Waals surface area contributed by atoms with E-state index < -0.39 is 33.6 Å². The van der Waals surface area contributed by atoms with E-state index in [2.05, 4.69) is 4.99 Å². The van der Waals surface area contributed by atoms with Gasteiger partial charge in [-0.3, -0.25) is 4.99 Å². The Hall–Kier alpha value is -3.20. The van der Waals surface area contributed by atoms with E-state index in [0.717, 1.165) is 16.2 Å². The first kappa shape index (κ1) is 23.9. The second-order valence-electron chi connectivity index (χ2n) is 8.36. The van der Waals surface area contributed by atoms with E-state index in [9.17, 15) is 17.6 Å². The molecule has 2 aromatic rings. The Bertz CT molecular complexity index is 1260. The normalized spacial score (nSPS) is 21.6. The number of allylic oxidation sites excluding steroid dienone is 1. The van der Waals surface area contributed by atoms with Crippen LogP contribution in [0.15, 0.2) is 58.1 Å². The maximum atomic E-state index is 14.1. The van der Waals surface area contributed by atoms with Crippen LogP contribution in [0.1, 0.15) is 43.4 Å². The molecule has 0 saturated heterocycles. The third kappa shape index (κ3) is 4.20. The molecule has 4 rings (SSSR count). The molecule has 2 aromatic carbocycles. The summed E-state index contributed by atoms with van der Waals surface area (Å²) in [6.07, 6.45) is 3.97. The molecule has 0 bridgehead atoms. The number of aliphatic imine (C=N–C) groups is 1. The Kier molecular flexibility index (Phi) is 6.49. The van der Waals surface area contributed by atoms with Gasteiger partial charge in [0, 0.05) is 12.8 Å². The van der Waals surface area contributed by atoms with E-state index in [4.69, 9.17) is 9.47 Å². The minimum atomic E-state index is -4.16. The molecule has 0 unspecified atom stereocenters. The first-order valence-corrected chi connectivity index (χ1v) is 12.6. The predicted octanol–water partition coefficient (Wildman–Crippen LogP) is 4.21. The van der Waals surface area contributed by atoms with Crippen LogP contribution in [0.2, 0.25) is 0 Å². The molecule has 180 valence electrons. The van der Waals surface area contributed by atoms with E-state index in [0.29, 0.717) is 29.7 Å². The molecule has 2 heterocycles. The summed E-state index contributed by atoms with van der Waals surface area (Å²) in [5.74, 6) is -0.673. The van der Waals surface area contributed by atoms with Crippen LogP contribution in [0, 0.1) is 12.7 Å². The van der Waals surface area contributed by atoms with Crippen molar-refractivity contribution in [2.75, 3.05) is 6.61 Å². The largest absolute Gasteiger partial charge is 0.468 e. The zero-order valence-electron chi connectivity index (χ0n) is 19.3. The summed E-state index contributed by atoms with van der Waals surface area (Å²) < 4.78 is 54.4. The van der Waals surface area contributed by atoms with E-state index in [-0.39, 0.29) is 17.9 Å². The lowest BCUT2D eigenvalue weighted by molar-refractivity contribution is -0.156. The van der Waals surface area contributed by atoms with E-state index in [1.54, 1.807) is 31.2 Å². The van der Waals surface area contributed by atoms with E-state index in [1.807, 2.05) is 13.8 Å². The van der Waals surface area contributed by atoms with Gasteiger partial charge in [-0.1, -0.05) is 30.7 Å². The molecule has 2 aliphatic rings. The number of rotatable bonds is 6. The molecular weight excluding hydrogens is 459 g/mol. The van der Waals surface area contributed by atoms with E-state index >= 15 is 0 Å². The van der Waals surface area contributed by atoms with Crippen molar-refractivity contribution in [1.82, 2.24) is 4.31 Å². The van der Waals surface area contributed by atoms with Crippen molar-refractivity contribution in [2.45, 2.75) is 56.7 Å². The summed E-state index contributed by atoms with van der Waals surface area (Å²) >= 11 is 0. The Morgan fingerprint density at radius 2 is 1.97 bits per heavy atom.